The van der Waals surface area contributed by atoms with Crippen LogP contribution in [-0.4, -0.2) is 82.4 Å². The number of carbonyl (C=O) groups is 3. The van der Waals surface area contributed by atoms with E-state index in [0.29, 0.717) is 36.7 Å². The molecule has 3 amide bonds. The molecule has 0 bridgehead atoms. The van der Waals surface area contributed by atoms with Crippen molar-refractivity contribution in [3.8, 4) is 17.4 Å². The molecule has 3 aromatic rings. The van der Waals surface area contributed by atoms with Crippen LogP contribution in [0.3, 0.4) is 0 Å². The summed E-state index contributed by atoms with van der Waals surface area (Å²) in [6.07, 6.45) is 12.8. The summed E-state index contributed by atoms with van der Waals surface area (Å²) in [6.45, 7) is 0.154. The van der Waals surface area contributed by atoms with Crippen LogP contribution in [0.4, 0.5) is 0 Å². The Balaban J connectivity index is 1.17. The number of carbonyl (C=O) groups excluding carboxylic acids is 3. The normalized spacial score (nSPS) is 26.5. The van der Waals surface area contributed by atoms with Crippen molar-refractivity contribution in [2.24, 2.45) is 5.92 Å². The Morgan fingerprint density at radius 3 is 2.73 bits per heavy atom. The second-order valence-electron chi connectivity index (χ2n) is 13.2. The molecule has 14 heteroatoms. The van der Waals surface area contributed by atoms with Crippen LogP contribution in [0, 0.1) is 5.92 Å². The molecule has 2 aliphatic heterocycles. The van der Waals surface area contributed by atoms with Crippen LogP contribution in [0.25, 0.3) is 16.6 Å². The first-order valence-electron chi connectivity index (χ1n) is 16.7. The van der Waals surface area contributed by atoms with Gasteiger partial charge in [0.1, 0.15) is 23.4 Å². The van der Waals surface area contributed by atoms with E-state index in [9.17, 15) is 22.8 Å². The Morgan fingerprint density at radius 2 is 1.96 bits per heavy atom. The SMILES string of the molecule is COc1ccc2c(OC3CC4C(=O)NC5(C(=O)NS(=O)(=O)C6CC6)CC5C=CCCCCCCC(=O)N4C3)nc(-n3cccn3)cc2c1. The van der Waals surface area contributed by atoms with Crippen molar-refractivity contribution in [1.29, 1.82) is 0 Å². The van der Waals surface area contributed by atoms with E-state index < -0.39 is 44.8 Å². The van der Waals surface area contributed by atoms with E-state index in [0.717, 1.165) is 36.5 Å². The summed E-state index contributed by atoms with van der Waals surface area (Å²) in [5.41, 5.74) is -1.40. The van der Waals surface area contributed by atoms with Gasteiger partial charge in [-0.25, -0.2) is 13.1 Å². The van der Waals surface area contributed by atoms with Gasteiger partial charge in [0, 0.05) is 36.5 Å². The zero-order chi connectivity index (χ0) is 33.5. The molecule has 2 aromatic heterocycles. The second-order valence-corrected chi connectivity index (χ2v) is 15.1. The predicted octanol–water partition coefficient (Wildman–Crippen LogP) is 3.17. The lowest BCUT2D eigenvalue weighted by Gasteiger charge is -2.26. The first kappa shape index (κ1) is 32.1. The van der Waals surface area contributed by atoms with Crippen LogP contribution < -0.4 is 19.5 Å². The van der Waals surface area contributed by atoms with E-state index in [1.807, 2.05) is 36.4 Å². The van der Waals surface area contributed by atoms with Crippen molar-refractivity contribution in [1.82, 2.24) is 29.7 Å². The lowest BCUT2D eigenvalue weighted by molar-refractivity contribution is -0.139. The number of methoxy groups -OCH3 is 1. The molecule has 0 radical (unpaired) electrons. The van der Waals surface area contributed by atoms with E-state index in [1.54, 1.807) is 35.2 Å². The molecule has 4 atom stereocenters. The van der Waals surface area contributed by atoms with Crippen molar-refractivity contribution >= 4 is 38.5 Å². The fourth-order valence-corrected chi connectivity index (χ4v) is 8.12. The number of hydrogen-bond donors (Lipinski definition) is 2. The van der Waals surface area contributed by atoms with Gasteiger partial charge < -0.3 is 19.7 Å². The maximum Gasteiger partial charge on any atom is 0.259 e. The standard InChI is InChI=1S/C34H40N6O7S/c1-46-24-11-14-27-22(17-24)18-29(40-16-8-15-35-40)36-32(27)47-25-19-28-31(42)37-34(33(43)38-48(44,45)26-12-13-26)20-23(34)9-6-4-2-3-5-7-10-30(41)39(28)21-25/h6,8-9,11,14-18,23,25-26,28H,2-5,7,10,12-13,19-21H2,1H3,(H,37,42)(H,38,43). The van der Waals surface area contributed by atoms with Crippen molar-refractivity contribution < 1.29 is 32.3 Å². The van der Waals surface area contributed by atoms with Crippen LogP contribution in [-0.2, 0) is 24.4 Å². The Bertz CT molecular complexity index is 1860. The number of fused-ring (bicyclic) bond motifs is 3. The number of aromatic nitrogens is 3. The van der Waals surface area contributed by atoms with Crippen LogP contribution >= 0.6 is 0 Å². The highest BCUT2D eigenvalue weighted by atomic mass is 32.2. The number of allylic oxidation sites excluding steroid dienone is 1. The van der Waals surface area contributed by atoms with Crippen LogP contribution in [0.5, 0.6) is 11.6 Å². The van der Waals surface area contributed by atoms with Crippen LogP contribution in [0.2, 0.25) is 0 Å². The number of amides is 3. The largest absolute Gasteiger partial charge is 0.497 e. The molecule has 2 N–H and O–H groups in total. The molecule has 3 fully saturated rings. The summed E-state index contributed by atoms with van der Waals surface area (Å²) in [7, 11) is -2.23. The Morgan fingerprint density at radius 1 is 1.12 bits per heavy atom. The number of hydrogen-bond acceptors (Lipinski definition) is 9. The third-order valence-electron chi connectivity index (χ3n) is 9.74. The van der Waals surface area contributed by atoms with Gasteiger partial charge in [0.05, 0.1) is 18.9 Å². The number of pyridine rings is 1. The quantitative estimate of drug-likeness (QED) is 0.358. The third-order valence-corrected chi connectivity index (χ3v) is 11.6. The van der Waals surface area contributed by atoms with E-state index in [1.165, 1.54) is 0 Å². The minimum Gasteiger partial charge on any atom is -0.497 e. The molecule has 2 aliphatic carbocycles. The minimum absolute atomic E-state index is 0.154. The number of nitrogens with zero attached hydrogens (tertiary/aromatic N) is 4. The summed E-state index contributed by atoms with van der Waals surface area (Å²) in [6, 6.07) is 8.30. The molecule has 1 saturated heterocycles. The molecule has 2 saturated carbocycles. The molecule has 4 heterocycles. The Kier molecular flexibility index (Phi) is 8.60. The van der Waals surface area contributed by atoms with E-state index in [4.69, 9.17) is 14.5 Å². The Labute approximate surface area is 279 Å². The highest BCUT2D eigenvalue weighted by Gasteiger charge is 2.62. The van der Waals surface area contributed by atoms with E-state index >= 15 is 0 Å². The summed E-state index contributed by atoms with van der Waals surface area (Å²) in [5.74, 6) is -0.232. The second kappa shape index (κ2) is 12.9. The first-order valence-corrected chi connectivity index (χ1v) is 18.2. The zero-order valence-electron chi connectivity index (χ0n) is 26.8. The van der Waals surface area contributed by atoms with Crippen molar-refractivity contribution in [2.75, 3.05) is 13.7 Å². The highest BCUT2D eigenvalue weighted by Crippen LogP contribution is 2.46. The number of ether oxygens (including phenoxy) is 2. The first-order chi connectivity index (χ1) is 23.2. The molecule has 48 heavy (non-hydrogen) atoms. The summed E-state index contributed by atoms with van der Waals surface area (Å²) < 4.78 is 41.2. The van der Waals surface area contributed by atoms with Crippen molar-refractivity contribution in [3.63, 3.8) is 0 Å². The van der Waals surface area contributed by atoms with E-state index in [2.05, 4.69) is 15.1 Å². The lowest BCUT2D eigenvalue weighted by atomic mass is 10.1. The van der Waals surface area contributed by atoms with Crippen LogP contribution in [0.1, 0.15) is 64.2 Å². The topological polar surface area (TPSA) is 162 Å². The van der Waals surface area contributed by atoms with Gasteiger partial charge >= 0.3 is 0 Å². The zero-order valence-corrected chi connectivity index (χ0v) is 27.7. The molecule has 13 nitrogen and oxygen atoms in total. The number of nitrogens with one attached hydrogen (secondary N) is 2. The third kappa shape index (κ3) is 6.49. The summed E-state index contributed by atoms with van der Waals surface area (Å²) in [5, 5.41) is 8.18. The van der Waals surface area contributed by atoms with Gasteiger partial charge in [0.2, 0.25) is 27.7 Å². The average Bonchev–Trinajstić information content (AvgIpc) is 3.93. The summed E-state index contributed by atoms with van der Waals surface area (Å²) in [4.78, 5) is 47.5. The monoisotopic (exact) mass is 676 g/mol. The molecule has 4 unspecified atom stereocenters. The maximum absolute atomic E-state index is 14.1. The fourth-order valence-electron chi connectivity index (χ4n) is 6.76. The lowest BCUT2D eigenvalue weighted by Crippen LogP contribution is -2.56. The van der Waals surface area contributed by atoms with Gasteiger partial charge in [-0.1, -0.05) is 25.0 Å². The van der Waals surface area contributed by atoms with Crippen molar-refractivity contribution in [2.45, 2.75) is 87.1 Å². The van der Waals surface area contributed by atoms with Gasteiger partial charge in [0.15, 0.2) is 5.82 Å². The van der Waals surface area contributed by atoms with E-state index in [-0.39, 0.29) is 37.6 Å². The molecule has 7 rings (SSSR count). The molecule has 254 valence electrons. The molecule has 0 spiro atoms. The van der Waals surface area contributed by atoms with Gasteiger partial charge in [-0.3, -0.25) is 19.1 Å². The maximum atomic E-state index is 14.1. The predicted molar refractivity (Wildman–Crippen MR) is 176 cm³/mol. The number of sulfonamides is 1. The van der Waals surface area contributed by atoms with Gasteiger partial charge in [0.25, 0.3) is 5.91 Å². The van der Waals surface area contributed by atoms with Gasteiger partial charge in [-0.2, -0.15) is 10.1 Å². The number of benzene rings is 1. The van der Waals surface area contributed by atoms with Gasteiger partial charge in [-0.15, -0.1) is 0 Å². The highest BCUT2D eigenvalue weighted by molar-refractivity contribution is 7.91. The smallest absolute Gasteiger partial charge is 0.259 e. The van der Waals surface area contributed by atoms with Crippen LogP contribution in [0.15, 0.2) is 54.9 Å². The minimum atomic E-state index is -3.82. The average molecular weight is 677 g/mol. The molecule has 4 aliphatic rings. The summed E-state index contributed by atoms with van der Waals surface area (Å²) >= 11 is 0. The molecular formula is C34H40N6O7S. The van der Waals surface area contributed by atoms with Crippen molar-refractivity contribution in [3.05, 3.63) is 54.9 Å². The fraction of sp³-hybridized carbons (Fsp3) is 0.500. The molecule has 1 aromatic carbocycles. The van der Waals surface area contributed by atoms with Gasteiger partial charge in [-0.05, 0) is 74.2 Å². The Hall–Kier alpha value is -4.46. The molecular weight excluding hydrogens is 636 g/mol. The number of rotatable bonds is 7.